The Bertz CT molecular complexity index is 2750. The minimum atomic E-state index is -5.56. The number of alkyl halides is 1. The predicted molar refractivity (Wildman–Crippen MR) is 141 cm³/mol. The quantitative estimate of drug-likeness (QED) is 0.0568. The number of hydrogen-bond acceptors (Lipinski definition) is 2. The zero-order valence-corrected chi connectivity index (χ0v) is 24.8. The summed E-state index contributed by atoms with van der Waals surface area (Å²) in [6.45, 7) is 0. The molecule has 0 aromatic heterocycles. The highest BCUT2D eigenvalue weighted by Gasteiger charge is 2.58. The molecule has 0 heterocycles. The fraction of sp³-hybridized carbons (Fsp3) is 0.0323. The van der Waals surface area contributed by atoms with Crippen LogP contribution in [0.1, 0.15) is 11.1 Å². The number of benzene rings is 6. The summed E-state index contributed by atoms with van der Waals surface area (Å²) in [6, 6.07) is 0. The standard InChI is InChI=1S/C31BF21O2/c33-10-3-1-2-5(11(10)34)15(38)28(51)29(6(2)16(39)12(35)4(1)14(37)22(45)13(3)36)54-32(9-20(43)25(48)27(50)26(49)21(9)44)55-31(53)8-7(18(41)30(31)52)17(40)23(46)24(47)19(8)42. The molecule has 286 valence electrons. The van der Waals surface area contributed by atoms with Crippen LogP contribution in [0.2, 0.25) is 0 Å². The molecule has 0 amide bonds. The lowest BCUT2D eigenvalue weighted by atomic mass is 9.76. The Kier molecular flexibility index (Phi) is 8.22. The van der Waals surface area contributed by atoms with E-state index in [2.05, 4.69) is 9.31 Å². The smallest absolute Gasteiger partial charge is 0.529 e. The van der Waals surface area contributed by atoms with E-state index in [0.717, 1.165) is 0 Å². The molecule has 0 fully saturated rings. The summed E-state index contributed by atoms with van der Waals surface area (Å²) in [7, 11) is -4.42. The minimum Gasteiger partial charge on any atom is -0.529 e. The average molecular weight is 814 g/mol. The molecule has 6 aromatic carbocycles. The van der Waals surface area contributed by atoms with Crippen LogP contribution in [-0.4, -0.2) is 7.12 Å². The molecule has 1 aliphatic carbocycles. The Labute approximate surface area is 286 Å². The molecule has 24 heteroatoms. The lowest BCUT2D eigenvalue weighted by Gasteiger charge is -2.28. The second-order valence-corrected chi connectivity index (χ2v) is 11.2. The highest BCUT2D eigenvalue weighted by molar-refractivity contribution is 6.62. The summed E-state index contributed by atoms with van der Waals surface area (Å²) in [4.78, 5) is 0. The van der Waals surface area contributed by atoms with Gasteiger partial charge in [0.15, 0.2) is 116 Å². The lowest BCUT2D eigenvalue weighted by molar-refractivity contribution is -0.0622. The van der Waals surface area contributed by atoms with Crippen LogP contribution in [0.15, 0.2) is 5.83 Å². The predicted octanol–water partition coefficient (Wildman–Crippen LogP) is 10.3. The average Bonchev–Trinajstić information content (AvgIpc) is 3.33. The summed E-state index contributed by atoms with van der Waals surface area (Å²) in [5.41, 5.74) is -8.25. The van der Waals surface area contributed by atoms with Crippen molar-refractivity contribution in [2.45, 2.75) is 5.85 Å². The van der Waals surface area contributed by atoms with Crippen molar-refractivity contribution < 1.29 is 102 Å². The van der Waals surface area contributed by atoms with Crippen LogP contribution >= 0.6 is 0 Å². The Balaban J connectivity index is 1.62. The van der Waals surface area contributed by atoms with Gasteiger partial charge >= 0.3 is 7.12 Å². The molecule has 0 N–H and O–H groups in total. The number of fused-ring (bicyclic) bond motifs is 1. The van der Waals surface area contributed by atoms with E-state index in [9.17, 15) is 52.7 Å². The van der Waals surface area contributed by atoms with Gasteiger partial charge in [-0.15, -0.1) is 0 Å². The topological polar surface area (TPSA) is 18.5 Å². The van der Waals surface area contributed by atoms with Crippen LogP contribution in [0.5, 0.6) is 5.75 Å². The highest BCUT2D eigenvalue weighted by atomic mass is 19.2. The highest BCUT2D eigenvalue weighted by Crippen LogP contribution is 2.54. The molecule has 0 spiro atoms. The van der Waals surface area contributed by atoms with Gasteiger partial charge < -0.3 is 9.31 Å². The first kappa shape index (κ1) is 37.8. The maximum atomic E-state index is 16.4. The fourth-order valence-electron chi connectivity index (χ4n) is 6.04. The zero-order chi connectivity index (χ0) is 40.8. The monoisotopic (exact) mass is 814 g/mol. The van der Waals surface area contributed by atoms with E-state index in [-0.39, 0.29) is 0 Å². The molecule has 0 saturated carbocycles. The van der Waals surface area contributed by atoms with Crippen molar-refractivity contribution in [2.24, 2.45) is 0 Å². The Morgan fingerprint density at radius 1 is 0.345 bits per heavy atom. The van der Waals surface area contributed by atoms with Crippen LogP contribution in [0, 0.1) is 105 Å². The summed E-state index contributed by atoms with van der Waals surface area (Å²) in [5.74, 6) is -68.5. The minimum absolute atomic E-state index is 1.91. The third-order valence-electron chi connectivity index (χ3n) is 8.43. The lowest BCUT2D eigenvalue weighted by Crippen LogP contribution is -2.49. The van der Waals surface area contributed by atoms with Gasteiger partial charge in [-0.05, 0) is 0 Å². The summed E-state index contributed by atoms with van der Waals surface area (Å²) >= 11 is 0. The first-order valence-electron chi connectivity index (χ1n) is 13.9. The van der Waals surface area contributed by atoms with E-state index >= 15 is 39.5 Å². The molecule has 0 bridgehead atoms. The molecule has 0 radical (unpaired) electrons. The number of rotatable bonds is 5. The van der Waals surface area contributed by atoms with Crippen molar-refractivity contribution >= 4 is 50.7 Å². The molecular formula is C31BF21O2. The zero-order valence-electron chi connectivity index (χ0n) is 24.8. The molecule has 1 aliphatic rings. The second-order valence-electron chi connectivity index (χ2n) is 11.2. The van der Waals surface area contributed by atoms with Crippen molar-refractivity contribution in [3.05, 3.63) is 122 Å². The summed E-state index contributed by atoms with van der Waals surface area (Å²) in [5, 5.41) is -12.8. The maximum absolute atomic E-state index is 16.4. The van der Waals surface area contributed by atoms with Crippen molar-refractivity contribution in [2.75, 3.05) is 0 Å². The number of hydrogen-bond donors (Lipinski definition) is 0. The Hall–Kier alpha value is -5.55. The van der Waals surface area contributed by atoms with E-state index < -0.39 is 184 Å². The van der Waals surface area contributed by atoms with Gasteiger partial charge in [-0.3, -0.25) is 0 Å². The van der Waals surface area contributed by atoms with Crippen LogP contribution in [0.25, 0.3) is 38.1 Å². The molecule has 1 unspecified atom stereocenters. The molecule has 1 atom stereocenters. The van der Waals surface area contributed by atoms with Crippen LogP contribution < -0.4 is 10.1 Å². The van der Waals surface area contributed by atoms with Gasteiger partial charge in [-0.1, -0.05) is 0 Å². The van der Waals surface area contributed by atoms with E-state index in [1.165, 1.54) is 0 Å². The second kappa shape index (κ2) is 12.0. The molecule has 6 aromatic rings. The van der Waals surface area contributed by atoms with E-state index in [1.807, 2.05) is 0 Å². The van der Waals surface area contributed by atoms with Gasteiger partial charge in [0.2, 0.25) is 5.83 Å². The third kappa shape index (κ3) is 4.56. The third-order valence-corrected chi connectivity index (χ3v) is 8.43. The molecular weight excluding hydrogens is 814 g/mol. The van der Waals surface area contributed by atoms with Gasteiger partial charge in [0.1, 0.15) is 0 Å². The Morgan fingerprint density at radius 2 is 0.691 bits per heavy atom. The summed E-state index contributed by atoms with van der Waals surface area (Å²) in [6.07, 6.45) is 0. The van der Waals surface area contributed by atoms with Gasteiger partial charge in [0, 0.05) is 10.8 Å². The maximum Gasteiger partial charge on any atom is 0.572 e. The van der Waals surface area contributed by atoms with Crippen molar-refractivity contribution in [1.82, 2.24) is 0 Å². The number of halogens is 21. The molecule has 55 heavy (non-hydrogen) atoms. The van der Waals surface area contributed by atoms with Gasteiger partial charge in [0.05, 0.1) is 38.1 Å². The van der Waals surface area contributed by atoms with E-state index in [4.69, 9.17) is 0 Å². The SMILES string of the molecule is FC1=C(F)C(F)(OB(Oc2c(F)c(F)c3c(F)c(F)c4c(F)c(F)c(F)c5c(F)c(F)c2c3c45)c2c(F)c(F)c(F)c(F)c2F)c2c(F)c(F)c(F)c(F)c21. The first-order valence-corrected chi connectivity index (χ1v) is 13.9. The van der Waals surface area contributed by atoms with Gasteiger partial charge in [-0.2, -0.15) is 8.78 Å². The Morgan fingerprint density at radius 3 is 1.18 bits per heavy atom. The van der Waals surface area contributed by atoms with Crippen molar-refractivity contribution in [3.8, 4) is 5.75 Å². The fourth-order valence-corrected chi connectivity index (χ4v) is 6.04. The largest absolute Gasteiger partial charge is 0.572 e. The molecule has 0 aliphatic heterocycles. The molecule has 0 saturated heterocycles. The van der Waals surface area contributed by atoms with Gasteiger partial charge in [0.25, 0.3) is 5.85 Å². The van der Waals surface area contributed by atoms with Crippen molar-refractivity contribution in [3.63, 3.8) is 0 Å². The van der Waals surface area contributed by atoms with Crippen LogP contribution in [-0.2, 0) is 10.5 Å². The van der Waals surface area contributed by atoms with Crippen molar-refractivity contribution in [1.29, 1.82) is 0 Å². The van der Waals surface area contributed by atoms with Crippen LogP contribution in [0.3, 0.4) is 0 Å². The summed E-state index contributed by atoms with van der Waals surface area (Å²) < 4.78 is 322. The van der Waals surface area contributed by atoms with E-state index in [0.29, 0.717) is 0 Å². The molecule has 7 rings (SSSR count). The normalized spacial score (nSPS) is 15.8. The first-order chi connectivity index (χ1) is 25.5. The van der Waals surface area contributed by atoms with Crippen LogP contribution in [0.4, 0.5) is 92.2 Å². The van der Waals surface area contributed by atoms with E-state index in [1.54, 1.807) is 0 Å². The van der Waals surface area contributed by atoms with Gasteiger partial charge in [-0.25, -0.2) is 83.4 Å². The molecule has 2 nitrogen and oxygen atoms in total.